The first-order chi connectivity index (χ1) is 7.08. The molecule has 0 spiro atoms. The van der Waals surface area contributed by atoms with Gasteiger partial charge < -0.3 is 10.2 Å². The minimum atomic E-state index is -1.16. The Labute approximate surface area is 85.0 Å². The second kappa shape index (κ2) is 3.20. The zero-order valence-corrected chi connectivity index (χ0v) is 7.93. The van der Waals surface area contributed by atoms with Crippen molar-refractivity contribution in [3.05, 3.63) is 29.7 Å². The van der Waals surface area contributed by atoms with E-state index in [0.29, 0.717) is 16.6 Å². The first-order valence-electron chi connectivity index (χ1n) is 4.28. The van der Waals surface area contributed by atoms with Crippen LogP contribution < -0.4 is 0 Å². The topological polar surface area (TPSA) is 83.3 Å². The van der Waals surface area contributed by atoms with Gasteiger partial charge in [-0.05, 0) is 25.1 Å². The van der Waals surface area contributed by atoms with Gasteiger partial charge in [0, 0.05) is 11.1 Å². The SMILES string of the molecule is Cc1nc(C(=O)O)nc2ccc(O)cc12. The number of rotatable bonds is 1. The van der Waals surface area contributed by atoms with Crippen molar-refractivity contribution in [1.29, 1.82) is 0 Å². The minimum absolute atomic E-state index is 0.109. The number of aromatic nitrogens is 2. The third kappa shape index (κ3) is 1.59. The summed E-state index contributed by atoms with van der Waals surface area (Å²) in [6, 6.07) is 4.53. The van der Waals surface area contributed by atoms with Crippen molar-refractivity contribution >= 4 is 16.9 Å². The van der Waals surface area contributed by atoms with E-state index in [4.69, 9.17) is 5.11 Å². The normalized spacial score (nSPS) is 10.5. The fraction of sp³-hybridized carbons (Fsp3) is 0.100. The maximum Gasteiger partial charge on any atom is 0.373 e. The zero-order valence-electron chi connectivity index (χ0n) is 7.93. The molecule has 0 aliphatic heterocycles. The molecule has 0 aliphatic rings. The van der Waals surface area contributed by atoms with Crippen LogP contribution in [0, 0.1) is 6.92 Å². The number of hydrogen-bond donors (Lipinski definition) is 2. The predicted molar refractivity (Wildman–Crippen MR) is 52.9 cm³/mol. The Kier molecular flexibility index (Phi) is 2.00. The molecule has 1 heterocycles. The number of phenols is 1. The molecule has 0 saturated carbocycles. The Morgan fingerprint density at radius 3 is 2.73 bits per heavy atom. The Hall–Kier alpha value is -2.17. The van der Waals surface area contributed by atoms with Crippen LogP contribution in [0.4, 0.5) is 0 Å². The van der Waals surface area contributed by atoms with Crippen LogP contribution in [-0.2, 0) is 0 Å². The molecule has 2 N–H and O–H groups in total. The van der Waals surface area contributed by atoms with Gasteiger partial charge in [-0.3, -0.25) is 0 Å². The molecule has 15 heavy (non-hydrogen) atoms. The molecule has 2 aromatic rings. The summed E-state index contributed by atoms with van der Waals surface area (Å²) >= 11 is 0. The number of carbonyl (C=O) groups is 1. The second-order valence-corrected chi connectivity index (χ2v) is 3.14. The van der Waals surface area contributed by atoms with Gasteiger partial charge in [0.15, 0.2) is 0 Å². The summed E-state index contributed by atoms with van der Waals surface area (Å²) in [5, 5.41) is 18.7. The molecule has 2 rings (SSSR count). The van der Waals surface area contributed by atoms with Gasteiger partial charge in [-0.15, -0.1) is 0 Å². The van der Waals surface area contributed by atoms with E-state index < -0.39 is 5.97 Å². The minimum Gasteiger partial charge on any atom is -0.508 e. The molecule has 1 aromatic heterocycles. The van der Waals surface area contributed by atoms with Crippen LogP contribution >= 0.6 is 0 Å². The van der Waals surface area contributed by atoms with Gasteiger partial charge in [0.05, 0.1) is 5.52 Å². The van der Waals surface area contributed by atoms with Crippen molar-refractivity contribution in [2.45, 2.75) is 6.92 Å². The molecule has 5 heteroatoms. The van der Waals surface area contributed by atoms with Crippen molar-refractivity contribution in [2.24, 2.45) is 0 Å². The van der Waals surface area contributed by atoms with Gasteiger partial charge in [-0.1, -0.05) is 0 Å². The molecule has 0 amide bonds. The van der Waals surface area contributed by atoms with Gasteiger partial charge in [-0.25, -0.2) is 14.8 Å². The van der Waals surface area contributed by atoms with E-state index in [1.807, 2.05) is 0 Å². The van der Waals surface area contributed by atoms with Gasteiger partial charge in [0.1, 0.15) is 5.75 Å². The summed E-state index contributed by atoms with van der Waals surface area (Å²) in [6.07, 6.45) is 0. The van der Waals surface area contributed by atoms with E-state index in [2.05, 4.69) is 9.97 Å². The second-order valence-electron chi connectivity index (χ2n) is 3.14. The number of carboxylic acid groups (broad SMARTS) is 1. The number of carboxylic acids is 1. The van der Waals surface area contributed by atoms with Crippen LogP contribution in [0.1, 0.15) is 16.3 Å². The van der Waals surface area contributed by atoms with Crippen LogP contribution in [0.2, 0.25) is 0 Å². The molecular formula is C10H8N2O3. The van der Waals surface area contributed by atoms with Gasteiger partial charge in [0.2, 0.25) is 5.82 Å². The molecule has 76 valence electrons. The molecule has 5 nitrogen and oxygen atoms in total. The molecule has 1 aromatic carbocycles. The standard InChI is InChI=1S/C10H8N2O3/c1-5-7-4-6(13)2-3-8(7)12-9(11-5)10(14)15/h2-4,13H,1H3,(H,14,15). The molecule has 0 radical (unpaired) electrons. The average molecular weight is 204 g/mol. The lowest BCUT2D eigenvalue weighted by molar-refractivity contribution is 0.0683. The van der Waals surface area contributed by atoms with Crippen molar-refractivity contribution in [3.8, 4) is 5.75 Å². The average Bonchev–Trinajstić information content (AvgIpc) is 2.18. The molecule has 0 aliphatic carbocycles. The van der Waals surface area contributed by atoms with Crippen LogP contribution in [-0.4, -0.2) is 26.2 Å². The number of hydrogen-bond acceptors (Lipinski definition) is 4. The highest BCUT2D eigenvalue weighted by Crippen LogP contribution is 2.20. The number of phenolic OH excluding ortho intramolecular Hbond substituents is 1. The molecule has 0 atom stereocenters. The third-order valence-corrected chi connectivity index (χ3v) is 2.06. The van der Waals surface area contributed by atoms with Crippen molar-refractivity contribution < 1.29 is 15.0 Å². The van der Waals surface area contributed by atoms with E-state index in [1.165, 1.54) is 12.1 Å². The summed E-state index contributed by atoms with van der Waals surface area (Å²) in [4.78, 5) is 18.4. The van der Waals surface area contributed by atoms with E-state index >= 15 is 0 Å². The lowest BCUT2D eigenvalue weighted by Gasteiger charge is -2.02. The number of aromatic carboxylic acids is 1. The maximum atomic E-state index is 10.7. The Balaban J connectivity index is 2.78. The van der Waals surface area contributed by atoms with Crippen LogP contribution in [0.3, 0.4) is 0 Å². The molecule has 0 fully saturated rings. The number of fused-ring (bicyclic) bond motifs is 1. The number of aryl methyl sites for hydroxylation is 1. The summed E-state index contributed by atoms with van der Waals surface area (Å²) in [6.45, 7) is 1.68. The molecular weight excluding hydrogens is 196 g/mol. The van der Waals surface area contributed by atoms with E-state index in [0.717, 1.165) is 0 Å². The van der Waals surface area contributed by atoms with Crippen molar-refractivity contribution in [2.75, 3.05) is 0 Å². The summed E-state index contributed by atoms with van der Waals surface area (Å²) in [5.41, 5.74) is 1.05. The predicted octanol–water partition coefficient (Wildman–Crippen LogP) is 1.34. The van der Waals surface area contributed by atoms with E-state index in [1.54, 1.807) is 13.0 Å². The molecule has 0 bridgehead atoms. The lowest BCUT2D eigenvalue weighted by atomic mass is 10.2. The zero-order chi connectivity index (χ0) is 11.0. The van der Waals surface area contributed by atoms with Crippen molar-refractivity contribution in [3.63, 3.8) is 0 Å². The van der Waals surface area contributed by atoms with E-state index in [9.17, 15) is 9.90 Å². The monoisotopic (exact) mass is 204 g/mol. The largest absolute Gasteiger partial charge is 0.508 e. The third-order valence-electron chi connectivity index (χ3n) is 2.06. The summed E-state index contributed by atoms with van der Waals surface area (Å²) in [7, 11) is 0. The van der Waals surface area contributed by atoms with Gasteiger partial charge in [-0.2, -0.15) is 0 Å². The Morgan fingerprint density at radius 2 is 2.07 bits per heavy atom. The number of benzene rings is 1. The van der Waals surface area contributed by atoms with Crippen LogP contribution in [0.25, 0.3) is 10.9 Å². The summed E-state index contributed by atoms with van der Waals surface area (Å²) < 4.78 is 0. The summed E-state index contributed by atoms with van der Waals surface area (Å²) in [5.74, 6) is -1.28. The number of nitrogens with zero attached hydrogens (tertiary/aromatic N) is 2. The fourth-order valence-corrected chi connectivity index (χ4v) is 1.37. The molecule has 0 saturated heterocycles. The molecule has 0 unspecified atom stereocenters. The first-order valence-corrected chi connectivity index (χ1v) is 4.28. The van der Waals surface area contributed by atoms with Crippen LogP contribution in [0.15, 0.2) is 18.2 Å². The van der Waals surface area contributed by atoms with E-state index in [-0.39, 0.29) is 11.6 Å². The Bertz CT molecular complexity index is 552. The number of aromatic hydroxyl groups is 1. The van der Waals surface area contributed by atoms with Crippen molar-refractivity contribution in [1.82, 2.24) is 9.97 Å². The fourth-order valence-electron chi connectivity index (χ4n) is 1.37. The Morgan fingerprint density at radius 1 is 1.33 bits per heavy atom. The van der Waals surface area contributed by atoms with Gasteiger partial charge >= 0.3 is 5.97 Å². The smallest absolute Gasteiger partial charge is 0.373 e. The van der Waals surface area contributed by atoms with Crippen LogP contribution in [0.5, 0.6) is 5.75 Å². The van der Waals surface area contributed by atoms with Gasteiger partial charge in [0.25, 0.3) is 0 Å². The highest BCUT2D eigenvalue weighted by atomic mass is 16.4. The lowest BCUT2D eigenvalue weighted by Crippen LogP contribution is -2.05. The quantitative estimate of drug-likeness (QED) is 0.732. The highest BCUT2D eigenvalue weighted by molar-refractivity contribution is 5.89. The maximum absolute atomic E-state index is 10.7. The highest BCUT2D eigenvalue weighted by Gasteiger charge is 2.10. The first kappa shape index (κ1) is 9.39.